The lowest BCUT2D eigenvalue weighted by molar-refractivity contribution is -0.384. The van der Waals surface area contributed by atoms with Crippen molar-refractivity contribution in [2.45, 2.75) is 39.3 Å². The third-order valence-corrected chi connectivity index (χ3v) is 7.07. The summed E-state index contributed by atoms with van der Waals surface area (Å²) in [4.78, 5) is 26.6. The van der Waals surface area contributed by atoms with Gasteiger partial charge in [-0.15, -0.1) is 0 Å². The van der Waals surface area contributed by atoms with E-state index in [4.69, 9.17) is 5.10 Å². The van der Waals surface area contributed by atoms with E-state index in [0.717, 1.165) is 49.3 Å². The molecule has 0 aliphatic carbocycles. The number of aryl methyl sites for hydroxylation is 2. The summed E-state index contributed by atoms with van der Waals surface area (Å²) in [6, 6.07) is 24.5. The average molecular weight is 510 g/mol. The van der Waals surface area contributed by atoms with Crippen LogP contribution in [0.4, 0.5) is 5.69 Å². The van der Waals surface area contributed by atoms with Gasteiger partial charge in [-0.05, 0) is 62.1 Å². The van der Waals surface area contributed by atoms with Crippen LogP contribution in [0.5, 0.6) is 0 Å². The fourth-order valence-electron chi connectivity index (χ4n) is 5.00. The molecule has 1 aliphatic heterocycles. The number of non-ortho nitro benzene ring substituents is 1. The molecule has 1 amide bonds. The van der Waals surface area contributed by atoms with E-state index in [2.05, 4.69) is 40.5 Å². The van der Waals surface area contributed by atoms with Gasteiger partial charge in [-0.3, -0.25) is 19.8 Å². The van der Waals surface area contributed by atoms with Crippen LogP contribution in [-0.4, -0.2) is 44.6 Å². The van der Waals surface area contributed by atoms with Gasteiger partial charge in [0.2, 0.25) is 0 Å². The number of carbonyl (C=O) groups is 1. The summed E-state index contributed by atoms with van der Waals surface area (Å²) < 4.78 is 1.69. The number of piperidine rings is 1. The molecular formula is C30H31N5O3. The van der Waals surface area contributed by atoms with Crippen molar-refractivity contribution in [2.75, 3.05) is 13.1 Å². The highest BCUT2D eigenvalue weighted by Crippen LogP contribution is 2.26. The SMILES string of the molecule is Cc1ccc(-n2nc(-c3ccc([N+](=O)[O-])cc3)cc2C(=O)NC2CCN(Cc3ccccc3)CC2)c(C)c1. The van der Waals surface area contributed by atoms with Crippen molar-refractivity contribution in [3.8, 4) is 16.9 Å². The maximum Gasteiger partial charge on any atom is 0.270 e. The normalized spacial score (nSPS) is 14.4. The number of amides is 1. The van der Waals surface area contributed by atoms with Crippen molar-refractivity contribution in [1.82, 2.24) is 20.0 Å². The summed E-state index contributed by atoms with van der Waals surface area (Å²) in [5.74, 6) is -0.174. The highest BCUT2D eigenvalue weighted by Gasteiger charge is 2.24. The molecule has 1 aromatic heterocycles. The quantitative estimate of drug-likeness (QED) is 0.264. The van der Waals surface area contributed by atoms with E-state index in [0.29, 0.717) is 17.0 Å². The standard InChI is InChI=1S/C30H31N5O3/c1-21-8-13-28(22(2)18-21)34-29(19-27(32-34)24-9-11-26(12-10-24)35(37)38)30(36)31-25-14-16-33(17-15-25)20-23-6-4-3-5-7-23/h3-13,18-19,25H,14-17,20H2,1-2H3,(H,31,36). The van der Waals surface area contributed by atoms with E-state index in [1.54, 1.807) is 22.9 Å². The molecule has 1 saturated heterocycles. The predicted molar refractivity (Wildman–Crippen MR) is 147 cm³/mol. The number of aromatic nitrogens is 2. The molecule has 5 rings (SSSR count). The Hall–Kier alpha value is -4.30. The first-order valence-corrected chi connectivity index (χ1v) is 12.9. The summed E-state index contributed by atoms with van der Waals surface area (Å²) >= 11 is 0. The predicted octanol–water partition coefficient (Wildman–Crippen LogP) is 5.46. The highest BCUT2D eigenvalue weighted by molar-refractivity contribution is 5.94. The third kappa shape index (κ3) is 5.65. The molecule has 4 aromatic rings. The Kier molecular flexibility index (Phi) is 7.33. The van der Waals surface area contributed by atoms with Crippen LogP contribution in [0, 0.1) is 24.0 Å². The van der Waals surface area contributed by atoms with Crippen LogP contribution in [0.25, 0.3) is 16.9 Å². The first kappa shape index (κ1) is 25.4. The maximum atomic E-state index is 13.6. The molecule has 0 atom stereocenters. The van der Waals surface area contributed by atoms with Crippen LogP contribution >= 0.6 is 0 Å². The second-order valence-electron chi connectivity index (χ2n) is 9.93. The van der Waals surface area contributed by atoms with Crippen molar-refractivity contribution >= 4 is 11.6 Å². The van der Waals surface area contributed by atoms with Gasteiger partial charge in [-0.25, -0.2) is 4.68 Å². The number of hydrogen-bond acceptors (Lipinski definition) is 5. The second-order valence-corrected chi connectivity index (χ2v) is 9.93. The molecule has 194 valence electrons. The fraction of sp³-hybridized carbons (Fsp3) is 0.267. The first-order chi connectivity index (χ1) is 18.4. The zero-order chi connectivity index (χ0) is 26.6. The Bertz CT molecular complexity index is 1440. The monoisotopic (exact) mass is 509 g/mol. The lowest BCUT2D eigenvalue weighted by Crippen LogP contribution is -2.44. The lowest BCUT2D eigenvalue weighted by Gasteiger charge is -2.32. The Morgan fingerprint density at radius 1 is 1.00 bits per heavy atom. The Balaban J connectivity index is 1.36. The average Bonchev–Trinajstić information content (AvgIpc) is 3.36. The molecule has 1 aliphatic rings. The molecule has 0 saturated carbocycles. The van der Waals surface area contributed by atoms with Gasteiger partial charge in [0.05, 0.1) is 16.3 Å². The van der Waals surface area contributed by atoms with Gasteiger partial charge >= 0.3 is 0 Å². The van der Waals surface area contributed by atoms with Crippen molar-refractivity contribution in [3.63, 3.8) is 0 Å². The summed E-state index contributed by atoms with van der Waals surface area (Å²) in [5, 5.41) is 19.1. The Morgan fingerprint density at radius 3 is 2.37 bits per heavy atom. The molecule has 8 nitrogen and oxygen atoms in total. The zero-order valence-corrected chi connectivity index (χ0v) is 21.6. The molecule has 38 heavy (non-hydrogen) atoms. The largest absolute Gasteiger partial charge is 0.348 e. The molecule has 1 fully saturated rings. The van der Waals surface area contributed by atoms with Crippen molar-refractivity contribution in [1.29, 1.82) is 0 Å². The van der Waals surface area contributed by atoms with Gasteiger partial charge in [0.15, 0.2) is 0 Å². The van der Waals surface area contributed by atoms with Crippen LogP contribution in [0.2, 0.25) is 0 Å². The highest BCUT2D eigenvalue weighted by atomic mass is 16.6. The number of nitro benzene ring substituents is 1. The second kappa shape index (κ2) is 11.0. The number of nitrogens with one attached hydrogen (secondary N) is 1. The smallest absolute Gasteiger partial charge is 0.270 e. The number of nitro groups is 1. The molecule has 2 heterocycles. The minimum absolute atomic E-state index is 0.0131. The Labute approximate surface area is 222 Å². The summed E-state index contributed by atoms with van der Waals surface area (Å²) in [6.07, 6.45) is 1.76. The van der Waals surface area contributed by atoms with Gasteiger partial charge in [0.1, 0.15) is 5.69 Å². The number of benzene rings is 3. The van der Waals surface area contributed by atoms with E-state index >= 15 is 0 Å². The molecule has 8 heteroatoms. The zero-order valence-electron chi connectivity index (χ0n) is 21.6. The lowest BCUT2D eigenvalue weighted by atomic mass is 10.0. The van der Waals surface area contributed by atoms with E-state index in [-0.39, 0.29) is 17.6 Å². The fourth-order valence-corrected chi connectivity index (χ4v) is 5.00. The molecule has 1 N–H and O–H groups in total. The molecule has 0 radical (unpaired) electrons. The van der Waals surface area contributed by atoms with Crippen molar-refractivity contribution < 1.29 is 9.72 Å². The van der Waals surface area contributed by atoms with Gasteiger partial charge in [-0.2, -0.15) is 5.10 Å². The first-order valence-electron chi connectivity index (χ1n) is 12.9. The van der Waals surface area contributed by atoms with E-state index in [1.807, 2.05) is 32.0 Å². The van der Waals surface area contributed by atoms with Crippen LogP contribution < -0.4 is 5.32 Å². The maximum absolute atomic E-state index is 13.6. The summed E-state index contributed by atoms with van der Waals surface area (Å²) in [5.41, 5.74) is 6.01. The van der Waals surface area contributed by atoms with Crippen LogP contribution in [0.3, 0.4) is 0 Å². The minimum atomic E-state index is -0.428. The van der Waals surface area contributed by atoms with Crippen LogP contribution in [0.15, 0.2) is 78.9 Å². The number of rotatable bonds is 7. The number of likely N-dealkylation sites (tertiary alicyclic amines) is 1. The molecule has 0 unspecified atom stereocenters. The molecule has 0 bridgehead atoms. The van der Waals surface area contributed by atoms with Crippen LogP contribution in [-0.2, 0) is 6.54 Å². The van der Waals surface area contributed by atoms with Crippen molar-refractivity contribution in [2.24, 2.45) is 0 Å². The van der Waals surface area contributed by atoms with E-state index < -0.39 is 4.92 Å². The molecule has 0 spiro atoms. The molecular weight excluding hydrogens is 478 g/mol. The summed E-state index contributed by atoms with van der Waals surface area (Å²) in [6.45, 7) is 6.79. The minimum Gasteiger partial charge on any atom is -0.348 e. The van der Waals surface area contributed by atoms with Gasteiger partial charge in [0.25, 0.3) is 11.6 Å². The van der Waals surface area contributed by atoms with E-state index in [9.17, 15) is 14.9 Å². The number of hydrogen-bond donors (Lipinski definition) is 1. The third-order valence-electron chi connectivity index (χ3n) is 7.07. The molecule has 3 aromatic carbocycles. The number of carbonyl (C=O) groups excluding carboxylic acids is 1. The number of nitrogens with zero attached hydrogens (tertiary/aromatic N) is 4. The topological polar surface area (TPSA) is 93.3 Å². The van der Waals surface area contributed by atoms with Gasteiger partial charge < -0.3 is 5.32 Å². The van der Waals surface area contributed by atoms with Gasteiger partial charge in [-0.1, -0.05) is 48.0 Å². The van der Waals surface area contributed by atoms with Crippen molar-refractivity contribution in [3.05, 3.63) is 111 Å². The van der Waals surface area contributed by atoms with E-state index in [1.165, 1.54) is 17.7 Å². The summed E-state index contributed by atoms with van der Waals surface area (Å²) in [7, 11) is 0. The Morgan fingerprint density at radius 2 is 1.71 bits per heavy atom. The van der Waals surface area contributed by atoms with Crippen LogP contribution in [0.1, 0.15) is 40.0 Å². The van der Waals surface area contributed by atoms with Gasteiger partial charge in [0, 0.05) is 43.4 Å².